The highest BCUT2D eigenvalue weighted by Crippen LogP contribution is 2.20. The molecule has 0 saturated carbocycles. The Balaban J connectivity index is 1.69. The number of benzene rings is 1. The largest absolute Gasteiger partial charge is 0.389 e. The average Bonchev–Trinajstić information content (AvgIpc) is 2.99. The number of β-amino-alcohol motifs (C(OH)–C–C–N with tert-alkyl or cyclic N) is 2. The van der Waals surface area contributed by atoms with Gasteiger partial charge < -0.3 is 14.7 Å². The van der Waals surface area contributed by atoms with E-state index in [1.807, 2.05) is 41.3 Å². The molecule has 1 aromatic heterocycles. The summed E-state index contributed by atoms with van der Waals surface area (Å²) in [5, 5.41) is 23.0. The third kappa shape index (κ3) is 2.68. The maximum Gasteiger partial charge on any atom is 0.151 e. The third-order valence-electron chi connectivity index (χ3n) is 3.34. The Kier molecular flexibility index (Phi) is 3.33. The van der Waals surface area contributed by atoms with Gasteiger partial charge in [0.1, 0.15) is 5.69 Å². The van der Waals surface area contributed by atoms with E-state index in [-0.39, 0.29) is 0 Å². The van der Waals surface area contributed by atoms with Crippen molar-refractivity contribution in [3.05, 3.63) is 42.2 Å². The molecule has 1 aromatic carbocycles. The van der Waals surface area contributed by atoms with E-state index >= 15 is 0 Å². The van der Waals surface area contributed by atoms with Gasteiger partial charge in [0.05, 0.1) is 18.8 Å². The van der Waals surface area contributed by atoms with Crippen LogP contribution in [-0.4, -0.2) is 45.6 Å². The van der Waals surface area contributed by atoms with Crippen molar-refractivity contribution in [3.8, 4) is 11.3 Å². The fourth-order valence-electron chi connectivity index (χ4n) is 2.33. The van der Waals surface area contributed by atoms with Crippen LogP contribution < -0.4 is 0 Å². The number of hydrogen-bond donors (Lipinski definition) is 2. The van der Waals surface area contributed by atoms with Crippen molar-refractivity contribution in [1.82, 2.24) is 10.1 Å². The minimum atomic E-state index is -0.670. The molecule has 0 spiro atoms. The van der Waals surface area contributed by atoms with Crippen LogP contribution in [0.5, 0.6) is 0 Å². The van der Waals surface area contributed by atoms with Crippen molar-refractivity contribution in [1.29, 1.82) is 0 Å². The number of nitrogens with zero attached hydrogens (tertiary/aromatic N) is 2. The molecular weight excluding hydrogens is 244 g/mol. The van der Waals surface area contributed by atoms with Gasteiger partial charge in [-0.25, -0.2) is 0 Å². The first-order valence-electron chi connectivity index (χ1n) is 6.32. The Morgan fingerprint density at radius 2 is 1.84 bits per heavy atom. The van der Waals surface area contributed by atoms with Crippen molar-refractivity contribution in [2.24, 2.45) is 0 Å². The van der Waals surface area contributed by atoms with Crippen LogP contribution in [0.2, 0.25) is 0 Å². The van der Waals surface area contributed by atoms with Gasteiger partial charge in [-0.2, -0.15) is 0 Å². The lowest BCUT2D eigenvalue weighted by atomic mass is 10.1. The molecule has 2 aromatic rings. The normalized spacial score (nSPS) is 23.9. The summed E-state index contributed by atoms with van der Waals surface area (Å²) in [5.41, 5.74) is 1.81. The van der Waals surface area contributed by atoms with Gasteiger partial charge in [-0.05, 0) is 0 Å². The summed E-state index contributed by atoms with van der Waals surface area (Å²) in [6.45, 7) is 1.47. The second-order valence-corrected chi connectivity index (χ2v) is 4.87. The minimum Gasteiger partial charge on any atom is -0.389 e. The average molecular weight is 260 g/mol. The summed E-state index contributed by atoms with van der Waals surface area (Å²) in [6, 6.07) is 11.7. The number of likely N-dealkylation sites (tertiary alicyclic amines) is 1. The molecule has 100 valence electrons. The molecule has 0 amide bonds. The molecule has 5 heteroatoms. The van der Waals surface area contributed by atoms with E-state index in [0.717, 1.165) is 17.0 Å². The highest BCUT2D eigenvalue weighted by Gasteiger charge is 2.30. The molecule has 19 heavy (non-hydrogen) atoms. The fraction of sp³-hybridized carbons (Fsp3) is 0.357. The number of rotatable bonds is 3. The highest BCUT2D eigenvalue weighted by molar-refractivity contribution is 5.58. The molecule has 2 unspecified atom stereocenters. The Morgan fingerprint density at radius 1 is 1.16 bits per heavy atom. The molecule has 1 fully saturated rings. The van der Waals surface area contributed by atoms with Gasteiger partial charge in [0.25, 0.3) is 0 Å². The molecule has 2 heterocycles. The molecule has 3 rings (SSSR count). The molecule has 1 aliphatic heterocycles. The predicted octanol–water partition coefficient (Wildman–Crippen LogP) is 0.879. The first-order valence-corrected chi connectivity index (χ1v) is 6.32. The van der Waals surface area contributed by atoms with Gasteiger partial charge in [0.2, 0.25) is 0 Å². The summed E-state index contributed by atoms with van der Waals surface area (Å²) in [5.74, 6) is 0.736. The zero-order chi connectivity index (χ0) is 13.2. The number of aliphatic hydroxyl groups is 2. The van der Waals surface area contributed by atoms with Crippen molar-refractivity contribution < 1.29 is 14.7 Å². The Labute approximate surface area is 111 Å². The topological polar surface area (TPSA) is 69.7 Å². The van der Waals surface area contributed by atoms with E-state index < -0.39 is 12.2 Å². The molecule has 2 N–H and O–H groups in total. The molecule has 0 bridgehead atoms. The van der Waals surface area contributed by atoms with Crippen LogP contribution in [0.15, 0.2) is 40.9 Å². The predicted molar refractivity (Wildman–Crippen MR) is 69.2 cm³/mol. The van der Waals surface area contributed by atoms with Gasteiger partial charge in [-0.15, -0.1) is 0 Å². The standard InChI is InChI=1S/C14H16N2O3/c17-13-8-16(9-14(13)18)7-11-6-12(15-19-11)10-4-2-1-3-5-10/h1-6,13-14,17-18H,7-9H2. The summed E-state index contributed by atoms with van der Waals surface area (Å²) in [7, 11) is 0. The number of hydrogen-bond acceptors (Lipinski definition) is 5. The molecule has 1 saturated heterocycles. The van der Waals surface area contributed by atoms with Crippen molar-refractivity contribution in [2.45, 2.75) is 18.8 Å². The number of aliphatic hydroxyl groups excluding tert-OH is 2. The van der Waals surface area contributed by atoms with Crippen LogP contribution in [0.4, 0.5) is 0 Å². The summed E-state index contributed by atoms with van der Waals surface area (Å²) in [4.78, 5) is 1.95. The zero-order valence-corrected chi connectivity index (χ0v) is 10.4. The second kappa shape index (κ2) is 5.13. The SMILES string of the molecule is OC1CN(Cc2cc(-c3ccccc3)no2)CC1O. The second-order valence-electron chi connectivity index (χ2n) is 4.87. The zero-order valence-electron chi connectivity index (χ0n) is 10.4. The Hall–Kier alpha value is -1.69. The molecule has 1 aliphatic rings. The lowest BCUT2D eigenvalue weighted by molar-refractivity contribution is 0.0572. The van der Waals surface area contributed by atoms with Gasteiger partial charge >= 0.3 is 0 Å². The van der Waals surface area contributed by atoms with Crippen LogP contribution in [0.1, 0.15) is 5.76 Å². The summed E-state index contributed by atoms with van der Waals surface area (Å²) < 4.78 is 5.30. The van der Waals surface area contributed by atoms with Gasteiger partial charge in [-0.3, -0.25) is 4.90 Å². The Bertz CT molecular complexity index is 531. The minimum absolute atomic E-state index is 0.461. The first kappa shape index (κ1) is 12.3. The molecule has 5 nitrogen and oxygen atoms in total. The maximum atomic E-state index is 9.49. The lowest BCUT2D eigenvalue weighted by Gasteiger charge is -2.11. The van der Waals surface area contributed by atoms with Crippen molar-refractivity contribution >= 4 is 0 Å². The molecular formula is C14H16N2O3. The van der Waals surface area contributed by atoms with E-state index in [2.05, 4.69) is 5.16 Å². The van der Waals surface area contributed by atoms with Crippen LogP contribution >= 0.6 is 0 Å². The van der Waals surface area contributed by atoms with E-state index in [9.17, 15) is 10.2 Å². The van der Waals surface area contributed by atoms with Crippen molar-refractivity contribution in [2.75, 3.05) is 13.1 Å². The molecule has 0 radical (unpaired) electrons. The van der Waals surface area contributed by atoms with Crippen LogP contribution in [0.3, 0.4) is 0 Å². The quantitative estimate of drug-likeness (QED) is 0.857. The third-order valence-corrected chi connectivity index (χ3v) is 3.34. The van der Waals surface area contributed by atoms with E-state index in [1.165, 1.54) is 0 Å². The molecule has 2 atom stereocenters. The highest BCUT2D eigenvalue weighted by atomic mass is 16.5. The lowest BCUT2D eigenvalue weighted by Crippen LogP contribution is -2.22. The van der Waals surface area contributed by atoms with Crippen molar-refractivity contribution in [3.63, 3.8) is 0 Å². The van der Waals surface area contributed by atoms with Gasteiger partial charge in [0, 0.05) is 24.7 Å². The fourth-order valence-corrected chi connectivity index (χ4v) is 2.33. The summed E-state index contributed by atoms with van der Waals surface area (Å²) in [6.07, 6.45) is -1.34. The van der Waals surface area contributed by atoms with Crippen LogP contribution in [-0.2, 0) is 6.54 Å². The monoisotopic (exact) mass is 260 g/mol. The van der Waals surface area contributed by atoms with Gasteiger partial charge in [-0.1, -0.05) is 35.5 Å². The van der Waals surface area contributed by atoms with Gasteiger partial charge in [0.15, 0.2) is 5.76 Å². The van der Waals surface area contributed by atoms with Crippen LogP contribution in [0, 0.1) is 0 Å². The van der Waals surface area contributed by atoms with E-state index in [4.69, 9.17) is 4.52 Å². The first-order chi connectivity index (χ1) is 9.22. The number of aromatic nitrogens is 1. The summed E-state index contributed by atoms with van der Waals surface area (Å²) >= 11 is 0. The molecule has 0 aliphatic carbocycles. The maximum absolute atomic E-state index is 9.49. The van der Waals surface area contributed by atoms with E-state index in [1.54, 1.807) is 0 Å². The smallest absolute Gasteiger partial charge is 0.151 e. The Morgan fingerprint density at radius 3 is 2.53 bits per heavy atom. The van der Waals surface area contributed by atoms with Crippen LogP contribution in [0.25, 0.3) is 11.3 Å². The van der Waals surface area contributed by atoms with E-state index in [0.29, 0.717) is 19.6 Å².